The highest BCUT2D eigenvalue weighted by atomic mass is 35.5. The van der Waals surface area contributed by atoms with Gasteiger partial charge in [0.05, 0.1) is 19.2 Å². The highest BCUT2D eigenvalue weighted by Crippen LogP contribution is 2.33. The van der Waals surface area contributed by atoms with Crippen molar-refractivity contribution in [3.8, 4) is 11.5 Å². The third kappa shape index (κ3) is 3.71. The summed E-state index contributed by atoms with van der Waals surface area (Å²) >= 11 is 6.12. The van der Waals surface area contributed by atoms with E-state index in [0.717, 1.165) is 23.7 Å². The van der Waals surface area contributed by atoms with Crippen LogP contribution in [0.4, 0.5) is 0 Å². The minimum absolute atomic E-state index is 0.409. The standard InChI is InChI=1S/C18H17ClN2O2/c1-22-16-11-15-14(18(19)21-12-20-15)10-17(16)23-9-5-8-13-6-3-2-4-7-13/h2-4,6-7,10-12H,5,8-9H2,1H3. The lowest BCUT2D eigenvalue weighted by Crippen LogP contribution is -2.01. The summed E-state index contributed by atoms with van der Waals surface area (Å²) in [4.78, 5) is 8.19. The first kappa shape index (κ1) is 15.6. The zero-order chi connectivity index (χ0) is 16.1. The Morgan fingerprint density at radius 2 is 1.87 bits per heavy atom. The third-order valence-electron chi connectivity index (χ3n) is 3.58. The van der Waals surface area contributed by atoms with Crippen molar-refractivity contribution in [3.05, 3.63) is 59.5 Å². The van der Waals surface area contributed by atoms with Crippen molar-refractivity contribution in [2.45, 2.75) is 12.8 Å². The molecule has 3 aromatic rings. The average Bonchev–Trinajstić information content (AvgIpc) is 2.59. The van der Waals surface area contributed by atoms with Gasteiger partial charge in [-0.1, -0.05) is 41.9 Å². The molecule has 0 atom stereocenters. The van der Waals surface area contributed by atoms with E-state index in [0.29, 0.717) is 23.3 Å². The molecule has 0 amide bonds. The Bertz CT molecular complexity index is 794. The second-order valence-electron chi connectivity index (χ2n) is 5.12. The SMILES string of the molecule is COc1cc2ncnc(Cl)c2cc1OCCCc1ccccc1. The Labute approximate surface area is 140 Å². The van der Waals surface area contributed by atoms with E-state index in [2.05, 4.69) is 22.1 Å². The maximum atomic E-state index is 6.12. The normalized spacial score (nSPS) is 10.7. The minimum atomic E-state index is 0.409. The molecule has 0 unspecified atom stereocenters. The van der Waals surface area contributed by atoms with E-state index in [1.165, 1.54) is 11.9 Å². The van der Waals surface area contributed by atoms with E-state index in [9.17, 15) is 0 Å². The molecule has 0 aliphatic rings. The van der Waals surface area contributed by atoms with Crippen molar-refractivity contribution in [1.82, 2.24) is 9.97 Å². The Morgan fingerprint density at radius 3 is 2.65 bits per heavy atom. The Hall–Kier alpha value is -2.33. The highest BCUT2D eigenvalue weighted by Gasteiger charge is 2.10. The van der Waals surface area contributed by atoms with E-state index < -0.39 is 0 Å². The second-order valence-corrected chi connectivity index (χ2v) is 5.48. The summed E-state index contributed by atoms with van der Waals surface area (Å²) in [6.07, 6.45) is 3.33. The van der Waals surface area contributed by atoms with Gasteiger partial charge in [0, 0.05) is 11.5 Å². The molecular weight excluding hydrogens is 312 g/mol. The van der Waals surface area contributed by atoms with Gasteiger partial charge in [0.2, 0.25) is 0 Å². The molecule has 4 nitrogen and oxygen atoms in total. The minimum Gasteiger partial charge on any atom is -0.493 e. The molecule has 23 heavy (non-hydrogen) atoms. The van der Waals surface area contributed by atoms with Gasteiger partial charge < -0.3 is 9.47 Å². The lowest BCUT2D eigenvalue weighted by molar-refractivity contribution is 0.290. The number of hydrogen-bond acceptors (Lipinski definition) is 4. The second kappa shape index (κ2) is 7.29. The number of rotatable bonds is 6. The molecule has 0 saturated carbocycles. The summed E-state index contributed by atoms with van der Waals surface area (Å²) in [6, 6.07) is 14.0. The summed E-state index contributed by atoms with van der Waals surface area (Å²) in [5, 5.41) is 1.17. The number of methoxy groups -OCH3 is 1. The van der Waals surface area contributed by atoms with Crippen LogP contribution in [0.2, 0.25) is 5.15 Å². The molecule has 0 aliphatic carbocycles. The summed E-state index contributed by atoms with van der Waals surface area (Å²) in [6.45, 7) is 0.599. The molecule has 0 saturated heterocycles. The highest BCUT2D eigenvalue weighted by molar-refractivity contribution is 6.34. The number of fused-ring (bicyclic) bond motifs is 1. The monoisotopic (exact) mass is 328 g/mol. The average molecular weight is 329 g/mol. The maximum Gasteiger partial charge on any atom is 0.162 e. The van der Waals surface area contributed by atoms with Gasteiger partial charge in [-0.3, -0.25) is 0 Å². The molecule has 0 radical (unpaired) electrons. The van der Waals surface area contributed by atoms with Crippen LogP contribution in [0.5, 0.6) is 11.5 Å². The summed E-state index contributed by atoms with van der Waals surface area (Å²) in [7, 11) is 1.61. The van der Waals surface area contributed by atoms with Crippen LogP contribution in [-0.4, -0.2) is 23.7 Å². The predicted molar refractivity (Wildman–Crippen MR) is 91.4 cm³/mol. The molecule has 118 valence electrons. The van der Waals surface area contributed by atoms with E-state index >= 15 is 0 Å². The van der Waals surface area contributed by atoms with Crippen molar-refractivity contribution >= 4 is 22.5 Å². The van der Waals surface area contributed by atoms with E-state index in [1.54, 1.807) is 7.11 Å². The smallest absolute Gasteiger partial charge is 0.162 e. The molecule has 0 fully saturated rings. The van der Waals surface area contributed by atoms with Crippen molar-refractivity contribution < 1.29 is 9.47 Å². The maximum absolute atomic E-state index is 6.12. The van der Waals surface area contributed by atoms with Crippen LogP contribution in [0.3, 0.4) is 0 Å². The van der Waals surface area contributed by atoms with Gasteiger partial charge in [0.25, 0.3) is 0 Å². The first-order valence-electron chi connectivity index (χ1n) is 7.43. The number of aromatic nitrogens is 2. The van der Waals surface area contributed by atoms with Crippen LogP contribution in [0.1, 0.15) is 12.0 Å². The number of halogens is 1. The van der Waals surface area contributed by atoms with Crippen LogP contribution in [0, 0.1) is 0 Å². The first-order chi connectivity index (χ1) is 11.3. The molecule has 0 aliphatic heterocycles. The molecule has 5 heteroatoms. The largest absolute Gasteiger partial charge is 0.493 e. The fourth-order valence-corrected chi connectivity index (χ4v) is 2.60. The van der Waals surface area contributed by atoms with Gasteiger partial charge in [-0.15, -0.1) is 0 Å². The first-order valence-corrected chi connectivity index (χ1v) is 7.80. The fourth-order valence-electron chi connectivity index (χ4n) is 2.41. The van der Waals surface area contributed by atoms with Crippen molar-refractivity contribution in [2.24, 2.45) is 0 Å². The molecule has 0 spiro atoms. The summed E-state index contributed by atoms with van der Waals surface area (Å²) in [5.74, 6) is 1.30. The van der Waals surface area contributed by atoms with E-state index in [4.69, 9.17) is 21.1 Å². The van der Waals surface area contributed by atoms with Crippen molar-refractivity contribution in [1.29, 1.82) is 0 Å². The molecular formula is C18H17ClN2O2. The van der Waals surface area contributed by atoms with Gasteiger partial charge in [-0.05, 0) is 24.5 Å². The van der Waals surface area contributed by atoms with Gasteiger partial charge in [-0.25, -0.2) is 9.97 Å². The van der Waals surface area contributed by atoms with Crippen molar-refractivity contribution in [2.75, 3.05) is 13.7 Å². The number of nitrogens with zero attached hydrogens (tertiary/aromatic N) is 2. The molecule has 2 aromatic carbocycles. The molecule has 1 heterocycles. The zero-order valence-corrected chi connectivity index (χ0v) is 13.6. The Balaban J connectivity index is 1.70. The van der Waals surface area contributed by atoms with E-state index in [1.807, 2.05) is 30.3 Å². The van der Waals surface area contributed by atoms with Crippen molar-refractivity contribution in [3.63, 3.8) is 0 Å². The number of ether oxygens (including phenoxy) is 2. The lowest BCUT2D eigenvalue weighted by atomic mass is 10.1. The van der Waals surface area contributed by atoms with Gasteiger partial charge >= 0.3 is 0 Å². The number of aryl methyl sites for hydroxylation is 1. The van der Waals surface area contributed by atoms with Crippen LogP contribution >= 0.6 is 11.6 Å². The molecule has 3 rings (SSSR count). The topological polar surface area (TPSA) is 44.2 Å². The molecule has 0 N–H and O–H groups in total. The zero-order valence-electron chi connectivity index (χ0n) is 12.8. The molecule has 1 aromatic heterocycles. The number of hydrogen-bond donors (Lipinski definition) is 0. The predicted octanol–water partition coefficient (Wildman–Crippen LogP) is 4.30. The molecule has 0 bridgehead atoms. The fraction of sp³-hybridized carbons (Fsp3) is 0.222. The summed E-state index contributed by atoms with van der Waals surface area (Å²) in [5.41, 5.74) is 2.04. The Morgan fingerprint density at radius 1 is 1.04 bits per heavy atom. The van der Waals surface area contributed by atoms with Gasteiger partial charge in [0.1, 0.15) is 11.5 Å². The Kier molecular flexibility index (Phi) is 4.93. The van der Waals surface area contributed by atoms with Crippen LogP contribution in [0.25, 0.3) is 10.9 Å². The quantitative estimate of drug-likeness (QED) is 0.500. The van der Waals surface area contributed by atoms with Gasteiger partial charge in [-0.2, -0.15) is 0 Å². The van der Waals surface area contributed by atoms with Crippen LogP contribution in [0.15, 0.2) is 48.8 Å². The van der Waals surface area contributed by atoms with Gasteiger partial charge in [0.15, 0.2) is 11.5 Å². The van der Waals surface area contributed by atoms with Crippen LogP contribution < -0.4 is 9.47 Å². The van der Waals surface area contributed by atoms with E-state index in [-0.39, 0.29) is 0 Å². The van der Waals surface area contributed by atoms with Crippen LogP contribution in [-0.2, 0) is 6.42 Å². The lowest BCUT2D eigenvalue weighted by Gasteiger charge is -2.12. The summed E-state index contributed by atoms with van der Waals surface area (Å²) < 4.78 is 11.3. The third-order valence-corrected chi connectivity index (χ3v) is 3.88. The number of benzene rings is 2.